The lowest BCUT2D eigenvalue weighted by Crippen LogP contribution is -2.33. The van der Waals surface area contributed by atoms with Crippen molar-refractivity contribution in [2.75, 3.05) is 16.0 Å². The Morgan fingerprint density at radius 3 is 2.63 bits per heavy atom. The summed E-state index contributed by atoms with van der Waals surface area (Å²) in [4.78, 5) is 25.6. The highest BCUT2D eigenvalue weighted by Crippen LogP contribution is 2.27. The summed E-state index contributed by atoms with van der Waals surface area (Å²) in [5, 5.41) is 13.9. The number of nitrogens with zero attached hydrogens (tertiary/aromatic N) is 5. The third-order valence-corrected chi connectivity index (χ3v) is 6.02. The summed E-state index contributed by atoms with van der Waals surface area (Å²) in [5.41, 5.74) is 8.33. The highest BCUT2D eigenvalue weighted by atomic mass is 19.1. The molecule has 35 heavy (non-hydrogen) atoms. The monoisotopic (exact) mass is 475 g/mol. The molecular weight excluding hydrogens is 449 g/mol. The number of fused-ring (bicyclic) bond motifs is 1. The smallest absolute Gasteiger partial charge is 0.276 e. The quantitative estimate of drug-likeness (QED) is 0.332. The van der Waals surface area contributed by atoms with Crippen molar-refractivity contribution in [3.05, 3.63) is 66.1 Å². The molecule has 0 aliphatic heterocycles. The molecule has 180 valence electrons. The van der Waals surface area contributed by atoms with Gasteiger partial charge in [-0.25, -0.2) is 18.9 Å². The minimum absolute atomic E-state index is 0.0231. The minimum atomic E-state index is -0.631. The molecule has 0 spiro atoms. The Kier molecular flexibility index (Phi) is 6.23. The summed E-state index contributed by atoms with van der Waals surface area (Å²) in [6, 6.07) is 7.50. The lowest BCUT2D eigenvalue weighted by molar-refractivity contribution is 0.102. The number of carbonyl (C=O) groups excluding carboxylic acids is 1. The number of carbonyl (C=O) groups is 1. The van der Waals surface area contributed by atoms with Crippen LogP contribution < -0.4 is 21.7 Å². The number of nitrogens with two attached hydrogens (primary N) is 1. The van der Waals surface area contributed by atoms with Crippen LogP contribution in [0.5, 0.6) is 0 Å². The molecule has 4 aromatic heterocycles. The van der Waals surface area contributed by atoms with Gasteiger partial charge in [0.25, 0.3) is 5.91 Å². The van der Waals surface area contributed by atoms with Gasteiger partial charge < -0.3 is 21.7 Å². The van der Waals surface area contributed by atoms with Gasteiger partial charge in [0.05, 0.1) is 23.8 Å². The number of halogens is 1. The molecular formula is C24H26FN9O. The lowest BCUT2D eigenvalue weighted by atomic mass is 9.92. The molecule has 11 heteroatoms. The zero-order chi connectivity index (χ0) is 24.4. The molecule has 1 amide bonds. The fourth-order valence-corrected chi connectivity index (χ4v) is 4.10. The largest absolute Gasteiger partial charge is 0.366 e. The maximum atomic E-state index is 14.0. The van der Waals surface area contributed by atoms with Crippen molar-refractivity contribution in [3.63, 3.8) is 0 Å². The molecule has 0 atom stereocenters. The van der Waals surface area contributed by atoms with Crippen LogP contribution in [-0.4, -0.2) is 42.6 Å². The van der Waals surface area contributed by atoms with Gasteiger partial charge in [-0.15, -0.1) is 5.10 Å². The number of pyridine rings is 2. The SMILES string of the molecule is Cc1ccc(Nc2cc(N[C@H]3CC[C@H](N)CC3)nn3c(C(=O)Nc4ccncc4F)cnc23)nc1. The fraction of sp³-hybridized carbons (Fsp3) is 0.292. The summed E-state index contributed by atoms with van der Waals surface area (Å²) >= 11 is 0. The van der Waals surface area contributed by atoms with Crippen molar-refractivity contribution in [3.8, 4) is 0 Å². The second kappa shape index (κ2) is 9.63. The van der Waals surface area contributed by atoms with Gasteiger partial charge in [0.15, 0.2) is 17.2 Å². The zero-order valence-corrected chi connectivity index (χ0v) is 19.2. The molecule has 1 saturated carbocycles. The van der Waals surface area contributed by atoms with E-state index < -0.39 is 11.7 Å². The summed E-state index contributed by atoms with van der Waals surface area (Å²) < 4.78 is 15.5. The number of aryl methyl sites for hydroxylation is 1. The molecule has 0 unspecified atom stereocenters. The zero-order valence-electron chi connectivity index (χ0n) is 19.2. The van der Waals surface area contributed by atoms with E-state index in [9.17, 15) is 9.18 Å². The molecule has 0 bridgehead atoms. The number of rotatable bonds is 6. The van der Waals surface area contributed by atoms with Crippen molar-refractivity contribution in [2.24, 2.45) is 5.73 Å². The van der Waals surface area contributed by atoms with E-state index in [-0.39, 0.29) is 23.5 Å². The van der Waals surface area contributed by atoms with E-state index in [0.717, 1.165) is 37.4 Å². The molecule has 0 saturated heterocycles. The average Bonchev–Trinajstić information content (AvgIpc) is 3.28. The van der Waals surface area contributed by atoms with Gasteiger partial charge in [-0.2, -0.15) is 0 Å². The first-order valence-corrected chi connectivity index (χ1v) is 11.5. The number of anilines is 4. The van der Waals surface area contributed by atoms with Crippen LogP contribution >= 0.6 is 0 Å². The molecule has 5 rings (SSSR count). The van der Waals surface area contributed by atoms with E-state index in [0.29, 0.717) is 23.0 Å². The number of hydrogen-bond acceptors (Lipinski definition) is 8. The van der Waals surface area contributed by atoms with Crippen molar-refractivity contribution in [2.45, 2.75) is 44.7 Å². The number of imidazole rings is 1. The van der Waals surface area contributed by atoms with Crippen LogP contribution in [0.4, 0.5) is 27.4 Å². The van der Waals surface area contributed by atoms with Crippen LogP contribution in [0.2, 0.25) is 0 Å². The Labute approximate surface area is 201 Å². The molecule has 0 aromatic carbocycles. The van der Waals surface area contributed by atoms with Gasteiger partial charge in [-0.05, 0) is 50.3 Å². The van der Waals surface area contributed by atoms with E-state index in [1.807, 2.05) is 25.1 Å². The minimum Gasteiger partial charge on any atom is -0.366 e. The molecule has 1 aliphatic carbocycles. The Balaban J connectivity index is 1.50. The first kappa shape index (κ1) is 22.7. The molecule has 0 radical (unpaired) electrons. The van der Waals surface area contributed by atoms with Crippen molar-refractivity contribution in [1.29, 1.82) is 0 Å². The third kappa shape index (κ3) is 5.04. The van der Waals surface area contributed by atoms with Gasteiger partial charge in [-0.3, -0.25) is 9.78 Å². The van der Waals surface area contributed by atoms with Gasteiger partial charge in [0, 0.05) is 30.5 Å². The Morgan fingerprint density at radius 1 is 1.06 bits per heavy atom. The summed E-state index contributed by atoms with van der Waals surface area (Å²) in [5.74, 6) is 0.0319. The maximum absolute atomic E-state index is 14.0. The number of hydrogen-bond donors (Lipinski definition) is 4. The van der Waals surface area contributed by atoms with E-state index in [1.54, 1.807) is 6.20 Å². The second-order valence-electron chi connectivity index (χ2n) is 8.73. The normalized spacial score (nSPS) is 17.8. The fourth-order valence-electron chi connectivity index (χ4n) is 4.10. The Hall–Kier alpha value is -4.12. The molecule has 10 nitrogen and oxygen atoms in total. The maximum Gasteiger partial charge on any atom is 0.276 e. The first-order chi connectivity index (χ1) is 17.0. The van der Waals surface area contributed by atoms with Crippen LogP contribution in [0.25, 0.3) is 5.65 Å². The van der Waals surface area contributed by atoms with Gasteiger partial charge in [-0.1, -0.05) is 6.07 Å². The highest BCUT2D eigenvalue weighted by Gasteiger charge is 2.22. The molecule has 1 aliphatic rings. The van der Waals surface area contributed by atoms with Crippen LogP contribution in [0.1, 0.15) is 41.7 Å². The topological polar surface area (TPSA) is 135 Å². The second-order valence-corrected chi connectivity index (χ2v) is 8.73. The van der Waals surface area contributed by atoms with Crippen LogP contribution in [-0.2, 0) is 0 Å². The van der Waals surface area contributed by atoms with Crippen LogP contribution in [0, 0.1) is 12.7 Å². The Bertz CT molecular complexity index is 1350. The van der Waals surface area contributed by atoms with E-state index in [2.05, 4.69) is 36.0 Å². The van der Waals surface area contributed by atoms with E-state index in [1.165, 1.54) is 23.0 Å². The number of nitrogens with one attached hydrogen (secondary N) is 3. The molecule has 4 aromatic rings. The molecule has 5 N–H and O–H groups in total. The Morgan fingerprint density at radius 2 is 1.89 bits per heavy atom. The first-order valence-electron chi connectivity index (χ1n) is 11.5. The standard InChI is InChI=1S/C24H26FN9O/c1-14-2-7-21(28-11-14)31-19-10-22(30-16-5-3-15(26)4-6-16)33-34-20(13-29-23(19)34)24(35)32-18-8-9-27-12-17(18)25/h2,7-13,15-16H,3-6,26H2,1H3,(H,28,31)(H,30,33)(H,27,32,35)/t15-,16-. The summed E-state index contributed by atoms with van der Waals surface area (Å²) in [6.07, 6.45) is 9.36. The third-order valence-electron chi connectivity index (χ3n) is 6.02. The number of aromatic nitrogens is 5. The molecule has 4 heterocycles. The predicted octanol–water partition coefficient (Wildman–Crippen LogP) is 3.64. The van der Waals surface area contributed by atoms with Crippen molar-refractivity contribution >= 4 is 34.6 Å². The summed E-state index contributed by atoms with van der Waals surface area (Å²) in [6.45, 7) is 1.96. The van der Waals surface area contributed by atoms with Gasteiger partial charge in [0.2, 0.25) is 0 Å². The van der Waals surface area contributed by atoms with Crippen molar-refractivity contribution < 1.29 is 9.18 Å². The van der Waals surface area contributed by atoms with Gasteiger partial charge >= 0.3 is 0 Å². The highest BCUT2D eigenvalue weighted by molar-refractivity contribution is 6.03. The van der Waals surface area contributed by atoms with Crippen molar-refractivity contribution in [1.82, 2.24) is 24.6 Å². The van der Waals surface area contributed by atoms with E-state index in [4.69, 9.17) is 5.73 Å². The lowest BCUT2D eigenvalue weighted by Gasteiger charge is -2.27. The molecule has 1 fully saturated rings. The van der Waals surface area contributed by atoms with Crippen LogP contribution in [0.3, 0.4) is 0 Å². The average molecular weight is 476 g/mol. The number of amides is 1. The van der Waals surface area contributed by atoms with Crippen LogP contribution in [0.15, 0.2) is 49.1 Å². The summed E-state index contributed by atoms with van der Waals surface area (Å²) in [7, 11) is 0. The van der Waals surface area contributed by atoms with E-state index >= 15 is 0 Å². The predicted molar refractivity (Wildman–Crippen MR) is 131 cm³/mol. The van der Waals surface area contributed by atoms with Gasteiger partial charge in [0.1, 0.15) is 11.6 Å².